The van der Waals surface area contributed by atoms with Gasteiger partial charge in [-0.3, -0.25) is 0 Å². The SMILES string of the molecule is CC1OCCC1(O)CNc1cc(C(F)(F)F)cc(NN)n1. The molecule has 21 heavy (non-hydrogen) atoms. The van der Waals surface area contributed by atoms with E-state index >= 15 is 0 Å². The van der Waals surface area contributed by atoms with Crippen molar-refractivity contribution in [3.63, 3.8) is 0 Å². The monoisotopic (exact) mass is 306 g/mol. The molecule has 0 aliphatic carbocycles. The Bertz CT molecular complexity index is 512. The van der Waals surface area contributed by atoms with Crippen LogP contribution in [-0.2, 0) is 10.9 Å². The molecule has 0 bridgehead atoms. The highest BCUT2D eigenvalue weighted by molar-refractivity contribution is 5.49. The highest BCUT2D eigenvalue weighted by Gasteiger charge is 2.39. The Morgan fingerprint density at radius 3 is 2.67 bits per heavy atom. The van der Waals surface area contributed by atoms with Crippen molar-refractivity contribution in [1.29, 1.82) is 0 Å². The third-order valence-corrected chi connectivity index (χ3v) is 3.54. The molecule has 6 nitrogen and oxygen atoms in total. The highest BCUT2D eigenvalue weighted by Crippen LogP contribution is 2.32. The normalized spacial score (nSPS) is 25.9. The fraction of sp³-hybridized carbons (Fsp3) is 0.583. The summed E-state index contributed by atoms with van der Waals surface area (Å²) in [6.45, 7) is 2.15. The molecule has 0 saturated carbocycles. The zero-order chi connectivity index (χ0) is 15.7. The maximum Gasteiger partial charge on any atom is 0.416 e. The summed E-state index contributed by atoms with van der Waals surface area (Å²) < 4.78 is 43.6. The minimum absolute atomic E-state index is 0.0229. The second-order valence-corrected chi connectivity index (χ2v) is 4.99. The van der Waals surface area contributed by atoms with Gasteiger partial charge in [0.25, 0.3) is 0 Å². The Morgan fingerprint density at radius 1 is 1.48 bits per heavy atom. The van der Waals surface area contributed by atoms with Crippen LogP contribution in [0.15, 0.2) is 12.1 Å². The third kappa shape index (κ3) is 3.55. The molecule has 1 aliphatic heterocycles. The van der Waals surface area contributed by atoms with Crippen molar-refractivity contribution in [3.8, 4) is 0 Å². The molecule has 0 amide bonds. The smallest absolute Gasteiger partial charge is 0.385 e. The minimum Gasteiger partial charge on any atom is -0.385 e. The fourth-order valence-electron chi connectivity index (χ4n) is 2.11. The molecule has 1 aliphatic rings. The standard InChI is InChI=1S/C12H17F3N4O2/c1-7-11(20,2-3-21-7)6-17-9-4-8(12(13,14)15)5-10(18-9)19-16/h4-5,7,20H,2-3,6,16H2,1H3,(H2,17,18,19). The molecule has 1 aromatic heterocycles. The maximum absolute atomic E-state index is 12.8. The lowest BCUT2D eigenvalue weighted by atomic mass is 9.97. The molecule has 5 N–H and O–H groups in total. The van der Waals surface area contributed by atoms with Crippen molar-refractivity contribution in [2.24, 2.45) is 5.84 Å². The lowest BCUT2D eigenvalue weighted by Crippen LogP contribution is -2.43. The van der Waals surface area contributed by atoms with Gasteiger partial charge in [-0.25, -0.2) is 10.8 Å². The van der Waals surface area contributed by atoms with Crippen LogP contribution in [0, 0.1) is 0 Å². The zero-order valence-corrected chi connectivity index (χ0v) is 11.4. The van der Waals surface area contributed by atoms with Gasteiger partial charge in [0, 0.05) is 19.6 Å². The van der Waals surface area contributed by atoms with Crippen LogP contribution in [0.1, 0.15) is 18.9 Å². The lowest BCUT2D eigenvalue weighted by molar-refractivity contribution is -0.137. The van der Waals surface area contributed by atoms with Crippen molar-refractivity contribution in [2.45, 2.75) is 31.2 Å². The molecule has 2 heterocycles. The van der Waals surface area contributed by atoms with Crippen LogP contribution in [-0.4, -0.2) is 34.9 Å². The third-order valence-electron chi connectivity index (χ3n) is 3.54. The van der Waals surface area contributed by atoms with E-state index in [0.29, 0.717) is 13.0 Å². The molecule has 0 radical (unpaired) electrons. The molecule has 2 atom stereocenters. The molecular formula is C12H17F3N4O2. The molecule has 1 saturated heterocycles. The van der Waals surface area contributed by atoms with Gasteiger partial charge in [-0.15, -0.1) is 0 Å². The minimum atomic E-state index is -4.51. The number of pyridine rings is 1. The molecule has 9 heteroatoms. The second kappa shape index (κ2) is 5.66. The largest absolute Gasteiger partial charge is 0.416 e. The van der Waals surface area contributed by atoms with Crippen molar-refractivity contribution in [1.82, 2.24) is 4.98 Å². The molecule has 1 aromatic rings. The first kappa shape index (κ1) is 15.8. The van der Waals surface area contributed by atoms with E-state index in [-0.39, 0.29) is 18.2 Å². The van der Waals surface area contributed by atoms with Crippen LogP contribution in [0.25, 0.3) is 0 Å². The summed E-state index contributed by atoms with van der Waals surface area (Å²) in [5, 5.41) is 13.0. The number of hydrogen-bond donors (Lipinski definition) is 4. The maximum atomic E-state index is 12.8. The molecule has 0 spiro atoms. The first-order valence-corrected chi connectivity index (χ1v) is 6.38. The number of hydrazine groups is 1. The summed E-state index contributed by atoms with van der Waals surface area (Å²) in [6, 6.07) is 1.67. The molecule has 118 valence electrons. The van der Waals surface area contributed by atoms with Crippen LogP contribution in [0.4, 0.5) is 24.8 Å². The van der Waals surface area contributed by atoms with Crippen LogP contribution >= 0.6 is 0 Å². The van der Waals surface area contributed by atoms with Crippen molar-refractivity contribution in [3.05, 3.63) is 17.7 Å². The number of aliphatic hydroxyl groups is 1. The average molecular weight is 306 g/mol. The van der Waals surface area contributed by atoms with Gasteiger partial charge in [-0.05, 0) is 19.1 Å². The summed E-state index contributed by atoms with van der Waals surface area (Å²) in [5.74, 6) is 4.98. The number of nitrogen functional groups attached to an aromatic ring is 1. The summed E-state index contributed by atoms with van der Waals surface area (Å²) in [4.78, 5) is 3.88. The number of rotatable bonds is 4. The van der Waals surface area contributed by atoms with E-state index in [1.165, 1.54) is 0 Å². The van der Waals surface area contributed by atoms with Crippen LogP contribution in [0.2, 0.25) is 0 Å². The van der Waals surface area contributed by atoms with E-state index in [1.807, 2.05) is 0 Å². The summed E-state index contributed by atoms with van der Waals surface area (Å²) in [7, 11) is 0. The number of hydrogen-bond acceptors (Lipinski definition) is 6. The number of alkyl halides is 3. The lowest BCUT2D eigenvalue weighted by Gasteiger charge is -2.26. The van der Waals surface area contributed by atoms with Gasteiger partial charge >= 0.3 is 6.18 Å². The Balaban J connectivity index is 2.16. The first-order valence-electron chi connectivity index (χ1n) is 6.38. The van der Waals surface area contributed by atoms with E-state index in [2.05, 4.69) is 15.7 Å². The number of nitrogens with zero attached hydrogens (tertiary/aromatic N) is 1. The first-order chi connectivity index (χ1) is 9.74. The van der Waals surface area contributed by atoms with Crippen LogP contribution in [0.5, 0.6) is 0 Å². The molecule has 2 rings (SSSR count). The summed E-state index contributed by atoms with van der Waals surface area (Å²) in [5.41, 5.74) is 0.0761. The zero-order valence-electron chi connectivity index (χ0n) is 11.4. The predicted molar refractivity (Wildman–Crippen MR) is 70.5 cm³/mol. The van der Waals surface area contributed by atoms with Gasteiger partial charge in [0.2, 0.25) is 0 Å². The van der Waals surface area contributed by atoms with Gasteiger partial charge in [-0.2, -0.15) is 13.2 Å². The molecule has 2 unspecified atom stereocenters. The topological polar surface area (TPSA) is 92.4 Å². The highest BCUT2D eigenvalue weighted by atomic mass is 19.4. The molecule has 0 aromatic carbocycles. The van der Waals surface area contributed by atoms with Gasteiger partial charge in [0.05, 0.1) is 11.7 Å². The number of anilines is 2. The van der Waals surface area contributed by atoms with Gasteiger partial charge in [0.1, 0.15) is 17.2 Å². The van der Waals surface area contributed by atoms with Crippen molar-refractivity contribution >= 4 is 11.6 Å². The van der Waals surface area contributed by atoms with Gasteiger partial charge in [0.15, 0.2) is 0 Å². The van der Waals surface area contributed by atoms with E-state index < -0.39 is 23.4 Å². The van der Waals surface area contributed by atoms with E-state index in [9.17, 15) is 18.3 Å². The Morgan fingerprint density at radius 2 is 2.14 bits per heavy atom. The fourth-order valence-corrected chi connectivity index (χ4v) is 2.11. The van der Waals surface area contributed by atoms with Gasteiger partial charge < -0.3 is 20.6 Å². The quantitative estimate of drug-likeness (QED) is 0.495. The number of nitrogens with two attached hydrogens (primary N) is 1. The van der Waals surface area contributed by atoms with Crippen LogP contribution in [0.3, 0.4) is 0 Å². The molecule has 1 fully saturated rings. The number of nitrogens with one attached hydrogen (secondary N) is 2. The van der Waals surface area contributed by atoms with E-state index in [0.717, 1.165) is 12.1 Å². The number of aromatic nitrogens is 1. The summed E-state index contributed by atoms with van der Waals surface area (Å²) in [6.07, 6.45) is -4.50. The van der Waals surface area contributed by atoms with E-state index in [4.69, 9.17) is 10.6 Å². The predicted octanol–water partition coefficient (Wildman–Crippen LogP) is 1.34. The Labute approximate surface area is 119 Å². The average Bonchev–Trinajstić information content (AvgIpc) is 2.75. The number of ether oxygens (including phenoxy) is 1. The second-order valence-electron chi connectivity index (χ2n) is 4.99. The van der Waals surface area contributed by atoms with Crippen molar-refractivity contribution in [2.75, 3.05) is 23.9 Å². The number of halogens is 3. The van der Waals surface area contributed by atoms with E-state index in [1.54, 1.807) is 6.92 Å². The summed E-state index contributed by atoms with van der Waals surface area (Å²) >= 11 is 0. The Hall–Kier alpha value is -1.58. The van der Waals surface area contributed by atoms with Crippen LogP contribution < -0.4 is 16.6 Å². The van der Waals surface area contributed by atoms with Gasteiger partial charge in [-0.1, -0.05) is 0 Å². The van der Waals surface area contributed by atoms with Crippen molar-refractivity contribution < 1.29 is 23.0 Å². The Kier molecular flexibility index (Phi) is 4.26. The molecular weight excluding hydrogens is 289 g/mol.